The summed E-state index contributed by atoms with van der Waals surface area (Å²) in [7, 11) is 0. The predicted molar refractivity (Wildman–Crippen MR) is 84.0 cm³/mol. The summed E-state index contributed by atoms with van der Waals surface area (Å²) in [5.74, 6) is -1.05. The summed E-state index contributed by atoms with van der Waals surface area (Å²) in [5.41, 5.74) is 6.94. The van der Waals surface area contributed by atoms with Crippen LogP contribution in [-0.4, -0.2) is 49.2 Å². The number of carbonyl (C=O) groups excluding carboxylic acids is 2. The lowest BCUT2D eigenvalue weighted by Crippen LogP contribution is -2.66. The van der Waals surface area contributed by atoms with Crippen molar-refractivity contribution < 1.29 is 33.3 Å². The zero-order valence-corrected chi connectivity index (χ0v) is 14.0. The number of hydrogen-bond donors (Lipinski definition) is 1. The fourth-order valence-electron chi connectivity index (χ4n) is 2.98. The van der Waals surface area contributed by atoms with Crippen molar-refractivity contribution in [3.05, 3.63) is 35.9 Å². The minimum absolute atomic E-state index is 0.187. The summed E-state index contributed by atoms with van der Waals surface area (Å²) in [4.78, 5) is 22.8. The van der Waals surface area contributed by atoms with Gasteiger partial charge in [-0.3, -0.25) is 9.59 Å². The van der Waals surface area contributed by atoms with E-state index < -0.39 is 48.9 Å². The highest BCUT2D eigenvalue weighted by atomic mass is 16.8. The highest BCUT2D eigenvalue weighted by Crippen LogP contribution is 2.35. The molecule has 2 N–H and O–H groups in total. The number of carbonyl (C=O) groups is 2. The smallest absolute Gasteiger partial charge is 0.304 e. The lowest BCUT2D eigenvalue weighted by molar-refractivity contribution is -0.337. The molecule has 0 unspecified atom stereocenters. The van der Waals surface area contributed by atoms with Gasteiger partial charge in [0.05, 0.1) is 6.61 Å². The molecule has 1 aromatic rings. The van der Waals surface area contributed by atoms with Crippen molar-refractivity contribution in [2.24, 2.45) is 5.73 Å². The molecule has 0 radical (unpaired) electrons. The maximum atomic E-state index is 11.5. The van der Waals surface area contributed by atoms with Crippen LogP contribution in [0, 0.1) is 0 Å². The molecule has 8 nitrogen and oxygen atoms in total. The van der Waals surface area contributed by atoms with E-state index in [9.17, 15) is 9.59 Å². The third kappa shape index (κ3) is 3.98. The third-order valence-corrected chi connectivity index (χ3v) is 4.04. The van der Waals surface area contributed by atoms with Crippen molar-refractivity contribution in [3.8, 4) is 0 Å². The van der Waals surface area contributed by atoms with E-state index in [4.69, 9.17) is 29.4 Å². The summed E-state index contributed by atoms with van der Waals surface area (Å²) in [6, 6.07) is 8.51. The van der Waals surface area contributed by atoms with E-state index in [1.807, 2.05) is 30.3 Å². The molecule has 2 aliphatic rings. The van der Waals surface area contributed by atoms with Gasteiger partial charge in [-0.25, -0.2) is 0 Å². The van der Waals surface area contributed by atoms with Gasteiger partial charge in [0.15, 0.2) is 12.4 Å². The van der Waals surface area contributed by atoms with Crippen LogP contribution in [0.3, 0.4) is 0 Å². The molecule has 3 rings (SSSR count). The Morgan fingerprint density at radius 2 is 1.76 bits per heavy atom. The Morgan fingerprint density at radius 1 is 1.08 bits per heavy atom. The van der Waals surface area contributed by atoms with Gasteiger partial charge >= 0.3 is 11.9 Å². The second kappa shape index (κ2) is 7.49. The van der Waals surface area contributed by atoms with Gasteiger partial charge in [-0.2, -0.15) is 0 Å². The fourth-order valence-corrected chi connectivity index (χ4v) is 2.98. The molecule has 0 amide bonds. The number of esters is 2. The third-order valence-electron chi connectivity index (χ3n) is 4.04. The zero-order valence-electron chi connectivity index (χ0n) is 14.0. The predicted octanol–water partition coefficient (Wildman–Crippen LogP) is 0.648. The Balaban J connectivity index is 1.80. The van der Waals surface area contributed by atoms with E-state index in [1.165, 1.54) is 13.8 Å². The van der Waals surface area contributed by atoms with Gasteiger partial charge in [0.1, 0.15) is 18.2 Å². The number of ether oxygens (including phenoxy) is 5. The Labute approximate surface area is 145 Å². The standard InChI is InChI=1S/C17H21NO7/c1-9(19)22-15-13(18)17(23-10(2)20)24-12-8-21-16(25-14(12)15)11-6-4-3-5-7-11/h3-7,12-17H,8,18H2,1-2H3/t12-,13-,14-,15-,16-,17-/m1/s1. The Bertz CT molecular complexity index is 623. The van der Waals surface area contributed by atoms with Crippen LogP contribution in [-0.2, 0) is 33.3 Å². The van der Waals surface area contributed by atoms with Gasteiger partial charge in [0.2, 0.25) is 6.29 Å². The fraction of sp³-hybridized carbons (Fsp3) is 0.529. The average molecular weight is 351 g/mol. The van der Waals surface area contributed by atoms with E-state index in [0.717, 1.165) is 5.56 Å². The highest BCUT2D eigenvalue weighted by molar-refractivity contribution is 5.67. The number of benzene rings is 1. The second-order valence-corrected chi connectivity index (χ2v) is 5.98. The minimum atomic E-state index is -1.04. The van der Waals surface area contributed by atoms with Crippen LogP contribution in [0.1, 0.15) is 25.7 Å². The van der Waals surface area contributed by atoms with Crippen molar-refractivity contribution in [3.63, 3.8) is 0 Å². The molecule has 136 valence electrons. The van der Waals surface area contributed by atoms with Gasteiger partial charge in [0.25, 0.3) is 0 Å². The molecule has 2 saturated heterocycles. The minimum Gasteiger partial charge on any atom is -0.458 e. The van der Waals surface area contributed by atoms with Crippen molar-refractivity contribution in [1.82, 2.24) is 0 Å². The molecule has 0 spiro atoms. The van der Waals surface area contributed by atoms with Crippen molar-refractivity contribution in [1.29, 1.82) is 0 Å². The molecular formula is C17H21NO7. The molecule has 25 heavy (non-hydrogen) atoms. The number of fused-ring (bicyclic) bond motifs is 1. The molecule has 0 aromatic heterocycles. The Hall–Kier alpha value is -2.00. The van der Waals surface area contributed by atoms with Crippen LogP contribution in [0.5, 0.6) is 0 Å². The molecule has 2 fully saturated rings. The number of nitrogens with two attached hydrogens (primary N) is 1. The van der Waals surface area contributed by atoms with Crippen LogP contribution in [0.4, 0.5) is 0 Å². The maximum Gasteiger partial charge on any atom is 0.304 e. The van der Waals surface area contributed by atoms with Crippen LogP contribution in [0.2, 0.25) is 0 Å². The number of rotatable bonds is 3. The molecule has 0 saturated carbocycles. The van der Waals surface area contributed by atoms with Gasteiger partial charge < -0.3 is 29.4 Å². The van der Waals surface area contributed by atoms with E-state index in [0.29, 0.717) is 0 Å². The summed E-state index contributed by atoms with van der Waals surface area (Å²) in [6.45, 7) is 2.72. The first-order chi connectivity index (χ1) is 12.0. The summed E-state index contributed by atoms with van der Waals surface area (Å²) >= 11 is 0. The van der Waals surface area contributed by atoms with Gasteiger partial charge in [0, 0.05) is 19.4 Å². The molecule has 2 heterocycles. The largest absolute Gasteiger partial charge is 0.458 e. The van der Waals surface area contributed by atoms with Gasteiger partial charge in [-0.15, -0.1) is 0 Å². The molecule has 1 aromatic carbocycles. The summed E-state index contributed by atoms with van der Waals surface area (Å²) in [5, 5.41) is 0. The zero-order chi connectivity index (χ0) is 18.0. The van der Waals surface area contributed by atoms with Crippen LogP contribution in [0.25, 0.3) is 0 Å². The molecule has 6 atom stereocenters. The molecule has 0 bridgehead atoms. The number of hydrogen-bond acceptors (Lipinski definition) is 8. The Morgan fingerprint density at radius 3 is 2.40 bits per heavy atom. The van der Waals surface area contributed by atoms with Gasteiger partial charge in [-0.1, -0.05) is 30.3 Å². The quantitative estimate of drug-likeness (QED) is 0.791. The van der Waals surface area contributed by atoms with E-state index in [2.05, 4.69) is 0 Å². The molecule has 0 aliphatic carbocycles. The molecular weight excluding hydrogens is 330 g/mol. The lowest BCUT2D eigenvalue weighted by Gasteiger charge is -2.47. The van der Waals surface area contributed by atoms with E-state index >= 15 is 0 Å². The lowest BCUT2D eigenvalue weighted by atomic mass is 9.96. The van der Waals surface area contributed by atoms with Crippen molar-refractivity contribution in [2.75, 3.05) is 6.61 Å². The van der Waals surface area contributed by atoms with Crippen molar-refractivity contribution in [2.45, 2.75) is 50.8 Å². The topological polar surface area (TPSA) is 106 Å². The average Bonchev–Trinajstić information content (AvgIpc) is 2.58. The first kappa shape index (κ1) is 17.8. The van der Waals surface area contributed by atoms with Gasteiger partial charge in [-0.05, 0) is 0 Å². The van der Waals surface area contributed by atoms with E-state index in [-0.39, 0.29) is 6.61 Å². The van der Waals surface area contributed by atoms with Crippen molar-refractivity contribution >= 4 is 11.9 Å². The normalized spacial score (nSPS) is 34.7. The monoisotopic (exact) mass is 351 g/mol. The van der Waals surface area contributed by atoms with Crippen LogP contribution in [0.15, 0.2) is 30.3 Å². The SMILES string of the molecule is CC(=O)O[C@@H]1O[C@@H]2CO[C@@H](c3ccccc3)O[C@H]2[C@H](OC(C)=O)[C@H]1N. The molecule has 8 heteroatoms. The van der Waals surface area contributed by atoms with E-state index in [1.54, 1.807) is 0 Å². The van der Waals surface area contributed by atoms with Crippen LogP contribution < -0.4 is 5.73 Å². The maximum absolute atomic E-state index is 11.5. The first-order valence-electron chi connectivity index (χ1n) is 8.03. The first-order valence-corrected chi connectivity index (χ1v) is 8.03. The Kier molecular flexibility index (Phi) is 5.33. The summed E-state index contributed by atoms with van der Waals surface area (Å²) < 4.78 is 27.8. The molecule has 2 aliphatic heterocycles. The van der Waals surface area contributed by atoms with Crippen LogP contribution >= 0.6 is 0 Å². The second-order valence-electron chi connectivity index (χ2n) is 5.98. The highest BCUT2D eigenvalue weighted by Gasteiger charge is 2.51. The summed E-state index contributed by atoms with van der Waals surface area (Å²) in [6.07, 6.45) is -3.70.